The summed E-state index contributed by atoms with van der Waals surface area (Å²) in [6.45, 7) is 8.01. The highest BCUT2D eigenvalue weighted by molar-refractivity contribution is 9.10. The number of halogens is 1. The number of aryl methyl sites for hydroxylation is 1. The van der Waals surface area contributed by atoms with E-state index in [0.29, 0.717) is 12.1 Å². The lowest BCUT2D eigenvalue weighted by Gasteiger charge is -2.18. The van der Waals surface area contributed by atoms with Crippen molar-refractivity contribution in [2.24, 2.45) is 5.16 Å². The van der Waals surface area contributed by atoms with Crippen molar-refractivity contribution < 1.29 is 5.21 Å². The van der Waals surface area contributed by atoms with E-state index in [1.165, 1.54) is 0 Å². The van der Waals surface area contributed by atoms with E-state index in [0.717, 1.165) is 26.9 Å². The molecule has 114 valence electrons. The Kier molecular flexibility index (Phi) is 5.50. The van der Waals surface area contributed by atoms with Crippen molar-refractivity contribution in [2.75, 3.05) is 0 Å². The Morgan fingerprint density at radius 2 is 2.00 bits per heavy atom. The van der Waals surface area contributed by atoms with Gasteiger partial charge in [0, 0.05) is 34.3 Å². The molecular formula is C18H19BrN2O. The van der Waals surface area contributed by atoms with Crippen molar-refractivity contribution >= 4 is 21.6 Å². The molecule has 1 N–H and O–H groups in total. The number of allylic oxidation sites excluding steroid dienone is 1. The predicted molar refractivity (Wildman–Crippen MR) is 93.6 cm³/mol. The molecule has 0 fully saturated rings. The Balaban J connectivity index is 2.30. The highest BCUT2D eigenvalue weighted by Crippen LogP contribution is 2.29. The molecule has 1 aromatic carbocycles. The molecule has 0 saturated carbocycles. The van der Waals surface area contributed by atoms with Crippen LogP contribution in [0.2, 0.25) is 0 Å². The standard InChI is InChI=1S/C18H19BrN2O/c1-12(2)17(14-4-6-16(19)7-5-14)11-18(21-22)15-8-9-20-13(3)10-15/h4-10,17,22H,1,11H2,2-3H3/b21-18+. The van der Waals surface area contributed by atoms with Crippen LogP contribution in [0.1, 0.15) is 36.1 Å². The second kappa shape index (κ2) is 7.36. The van der Waals surface area contributed by atoms with E-state index in [9.17, 15) is 5.21 Å². The van der Waals surface area contributed by atoms with E-state index in [4.69, 9.17) is 0 Å². The molecule has 0 amide bonds. The molecule has 0 saturated heterocycles. The van der Waals surface area contributed by atoms with E-state index < -0.39 is 0 Å². The third-order valence-corrected chi connectivity index (χ3v) is 4.14. The van der Waals surface area contributed by atoms with Crippen molar-refractivity contribution in [3.63, 3.8) is 0 Å². The summed E-state index contributed by atoms with van der Waals surface area (Å²) in [5.74, 6) is 0.104. The van der Waals surface area contributed by atoms with Gasteiger partial charge in [-0.05, 0) is 43.7 Å². The second-order valence-electron chi connectivity index (χ2n) is 5.39. The number of oxime groups is 1. The Labute approximate surface area is 139 Å². The summed E-state index contributed by atoms with van der Waals surface area (Å²) < 4.78 is 1.04. The van der Waals surface area contributed by atoms with Gasteiger partial charge < -0.3 is 5.21 Å². The van der Waals surface area contributed by atoms with Crippen molar-refractivity contribution in [2.45, 2.75) is 26.2 Å². The van der Waals surface area contributed by atoms with Gasteiger partial charge in [-0.1, -0.05) is 45.4 Å². The zero-order valence-corrected chi connectivity index (χ0v) is 14.3. The molecule has 22 heavy (non-hydrogen) atoms. The lowest BCUT2D eigenvalue weighted by Crippen LogP contribution is -2.10. The smallest absolute Gasteiger partial charge is 0.0878 e. The average molecular weight is 359 g/mol. The molecule has 1 aromatic heterocycles. The van der Waals surface area contributed by atoms with Crippen LogP contribution in [0.5, 0.6) is 0 Å². The van der Waals surface area contributed by atoms with Gasteiger partial charge in [-0.3, -0.25) is 4.98 Å². The zero-order valence-electron chi connectivity index (χ0n) is 12.8. The summed E-state index contributed by atoms with van der Waals surface area (Å²) in [5.41, 5.74) is 4.62. The number of benzene rings is 1. The molecule has 2 rings (SSSR count). The fourth-order valence-electron chi connectivity index (χ4n) is 2.41. The molecule has 0 bridgehead atoms. The van der Waals surface area contributed by atoms with Gasteiger partial charge >= 0.3 is 0 Å². The van der Waals surface area contributed by atoms with Gasteiger partial charge in [-0.25, -0.2) is 0 Å². The van der Waals surface area contributed by atoms with E-state index in [1.807, 2.05) is 38.1 Å². The summed E-state index contributed by atoms with van der Waals surface area (Å²) in [5, 5.41) is 12.9. The molecular weight excluding hydrogens is 340 g/mol. The minimum atomic E-state index is 0.104. The monoisotopic (exact) mass is 358 g/mol. The summed E-state index contributed by atoms with van der Waals surface area (Å²) >= 11 is 3.45. The van der Waals surface area contributed by atoms with E-state index in [2.05, 4.69) is 44.8 Å². The zero-order chi connectivity index (χ0) is 16.1. The molecule has 0 radical (unpaired) electrons. The Hall–Kier alpha value is -1.94. The van der Waals surface area contributed by atoms with Crippen LogP contribution in [0, 0.1) is 6.92 Å². The third-order valence-electron chi connectivity index (χ3n) is 3.62. The topological polar surface area (TPSA) is 45.5 Å². The van der Waals surface area contributed by atoms with Gasteiger partial charge in [0.2, 0.25) is 0 Å². The second-order valence-corrected chi connectivity index (χ2v) is 6.30. The number of rotatable bonds is 5. The molecule has 0 spiro atoms. The van der Waals surface area contributed by atoms with Gasteiger partial charge in [0.1, 0.15) is 0 Å². The maximum absolute atomic E-state index is 9.42. The quantitative estimate of drug-likeness (QED) is 0.350. The molecule has 1 unspecified atom stereocenters. The molecule has 0 aliphatic rings. The first-order valence-corrected chi connectivity index (χ1v) is 7.85. The van der Waals surface area contributed by atoms with Gasteiger partial charge in [-0.15, -0.1) is 0 Å². The average Bonchev–Trinajstić information content (AvgIpc) is 2.49. The van der Waals surface area contributed by atoms with Crippen molar-refractivity contribution in [1.29, 1.82) is 0 Å². The number of hydrogen-bond donors (Lipinski definition) is 1. The van der Waals surface area contributed by atoms with Crippen LogP contribution < -0.4 is 0 Å². The van der Waals surface area contributed by atoms with Crippen LogP contribution in [0.25, 0.3) is 0 Å². The SMILES string of the molecule is C=C(C)C(C/C(=N\O)c1ccnc(C)c1)c1ccc(Br)cc1. The van der Waals surface area contributed by atoms with Crippen LogP contribution >= 0.6 is 15.9 Å². The fraction of sp³-hybridized carbons (Fsp3) is 0.222. The fourth-order valence-corrected chi connectivity index (χ4v) is 2.67. The normalized spacial score (nSPS) is 13.0. The largest absolute Gasteiger partial charge is 0.411 e. The van der Waals surface area contributed by atoms with Crippen LogP contribution in [0.15, 0.2) is 64.4 Å². The van der Waals surface area contributed by atoms with Crippen molar-refractivity contribution in [3.8, 4) is 0 Å². The Morgan fingerprint density at radius 1 is 1.32 bits per heavy atom. The Bertz CT molecular complexity index is 692. The number of pyridine rings is 1. The highest BCUT2D eigenvalue weighted by atomic mass is 79.9. The van der Waals surface area contributed by atoms with Crippen LogP contribution in [-0.2, 0) is 0 Å². The van der Waals surface area contributed by atoms with Crippen molar-refractivity contribution in [3.05, 3.63) is 76.0 Å². The molecule has 4 heteroatoms. The van der Waals surface area contributed by atoms with E-state index in [1.54, 1.807) is 6.20 Å². The minimum Gasteiger partial charge on any atom is -0.411 e. The predicted octanol–water partition coefficient (Wildman–Crippen LogP) is 5.08. The summed E-state index contributed by atoms with van der Waals surface area (Å²) in [6, 6.07) is 11.9. The van der Waals surface area contributed by atoms with E-state index in [-0.39, 0.29) is 5.92 Å². The summed E-state index contributed by atoms with van der Waals surface area (Å²) in [6.07, 6.45) is 2.32. The lowest BCUT2D eigenvalue weighted by molar-refractivity contribution is 0.317. The highest BCUT2D eigenvalue weighted by Gasteiger charge is 2.17. The van der Waals surface area contributed by atoms with Gasteiger partial charge in [0.05, 0.1) is 5.71 Å². The molecule has 2 aromatic rings. The maximum Gasteiger partial charge on any atom is 0.0878 e. The molecule has 1 heterocycles. The molecule has 0 aliphatic heterocycles. The van der Waals surface area contributed by atoms with E-state index >= 15 is 0 Å². The van der Waals surface area contributed by atoms with Crippen molar-refractivity contribution in [1.82, 2.24) is 4.98 Å². The van der Waals surface area contributed by atoms with Crippen LogP contribution in [-0.4, -0.2) is 15.9 Å². The first kappa shape index (κ1) is 16.4. The molecule has 0 aliphatic carbocycles. The molecule has 1 atom stereocenters. The third kappa shape index (κ3) is 4.04. The first-order valence-electron chi connectivity index (χ1n) is 7.06. The minimum absolute atomic E-state index is 0.104. The van der Waals surface area contributed by atoms with Gasteiger partial charge in [-0.2, -0.15) is 0 Å². The number of aromatic nitrogens is 1. The summed E-state index contributed by atoms with van der Waals surface area (Å²) in [4.78, 5) is 4.18. The van der Waals surface area contributed by atoms with Crippen LogP contribution in [0.4, 0.5) is 0 Å². The van der Waals surface area contributed by atoms with Gasteiger partial charge in [0.25, 0.3) is 0 Å². The number of nitrogens with zero attached hydrogens (tertiary/aromatic N) is 2. The molecule has 3 nitrogen and oxygen atoms in total. The maximum atomic E-state index is 9.42. The Morgan fingerprint density at radius 3 is 2.55 bits per heavy atom. The van der Waals surface area contributed by atoms with Gasteiger partial charge in [0.15, 0.2) is 0 Å². The number of hydrogen-bond acceptors (Lipinski definition) is 3. The lowest BCUT2D eigenvalue weighted by atomic mass is 9.86. The van der Waals surface area contributed by atoms with Crippen LogP contribution in [0.3, 0.4) is 0 Å². The first-order chi connectivity index (χ1) is 10.5. The summed E-state index contributed by atoms with van der Waals surface area (Å²) in [7, 11) is 0.